The molecule has 0 unspecified atom stereocenters. The molecule has 546 valence electrons. The van der Waals surface area contributed by atoms with Crippen molar-refractivity contribution in [3.63, 3.8) is 0 Å². The van der Waals surface area contributed by atoms with Gasteiger partial charge in [-0.1, -0.05) is 133 Å². The van der Waals surface area contributed by atoms with E-state index in [2.05, 4.69) is 16.0 Å². The second-order valence-electron chi connectivity index (χ2n) is 25.8. The molecule has 0 bridgehead atoms. The number of carboxylic acids is 3. The molecule has 0 heterocycles. The van der Waals surface area contributed by atoms with Gasteiger partial charge in [0.05, 0.1) is 38.4 Å². The molecule has 23 nitrogen and oxygen atoms in total. The molecule has 1 aliphatic rings. The number of carbonyl (C=O) groups is 12. The number of unbranched alkanes of at least 4 members (excludes halogenated alkanes) is 17. The second kappa shape index (κ2) is 57.7. The van der Waals surface area contributed by atoms with Crippen molar-refractivity contribution in [1.29, 1.82) is 0 Å². The number of rotatable bonds is 62. The molecule has 8 N–H and O–H groups in total. The summed E-state index contributed by atoms with van der Waals surface area (Å²) >= 11 is 0. The van der Waals surface area contributed by atoms with E-state index in [0.29, 0.717) is 71.2 Å². The number of ketones is 5. The van der Waals surface area contributed by atoms with Crippen LogP contribution in [-0.2, 0) is 71.7 Å². The van der Waals surface area contributed by atoms with E-state index in [1.54, 1.807) is 0 Å². The topological polar surface area (TPSA) is 365 Å². The number of carbonyl (C=O) groups excluding carboxylic acids is 9. The standard InChI is InChI=1S/C55H95N3O16.C18H25NO3/c1-2-56-52(64)42-74-38-36-71-33-19-21-46(59)41-73-37-35-72-34-20-22-48(60)47(30-32-54(67)68)58-51(63)31-29-45(55(69)70)39-49(61)44-27-25-43(26-28-44)40-57-50(62)23-17-15-13-11-9-7-5-3-4-6-8-10-12-14-16-18-24-53(65)66;1-13-8-10-15(11-9-13)17(21)7-5-3-4-6-16(18(19)22)12-14(2)20/h43-45,47H,2-42H2,1H3,(H,56,64)(H,57,62)(H,58,63)(H,65,66)(H,67,68)(H,69,70);8-11,16H,3-7,12H2,1-2H3,(H2,19,22)/t43?,44?,45-,47+;16-/m11/s1. The fourth-order valence-corrected chi connectivity index (χ4v) is 11.4. The monoisotopic (exact) mass is 1360 g/mol. The van der Waals surface area contributed by atoms with Gasteiger partial charge in [-0.25, -0.2) is 0 Å². The first kappa shape index (κ1) is 87.7. The average molecular weight is 1360 g/mol. The molecule has 1 saturated carbocycles. The van der Waals surface area contributed by atoms with Gasteiger partial charge in [0.15, 0.2) is 17.3 Å². The molecule has 3 atom stereocenters. The molecule has 0 aromatic heterocycles. The van der Waals surface area contributed by atoms with Crippen molar-refractivity contribution in [3.05, 3.63) is 35.4 Å². The highest BCUT2D eigenvalue weighted by Gasteiger charge is 2.31. The lowest BCUT2D eigenvalue weighted by atomic mass is 9.78. The molecular weight excluding hydrogens is 1240 g/mol. The summed E-state index contributed by atoms with van der Waals surface area (Å²) in [6, 6.07) is 6.50. The van der Waals surface area contributed by atoms with Crippen LogP contribution in [0.5, 0.6) is 0 Å². The maximum absolute atomic E-state index is 13.2. The van der Waals surface area contributed by atoms with E-state index in [9.17, 15) is 67.7 Å². The Balaban J connectivity index is 0.00000176. The number of Topliss-reactive ketones (excluding diaryl/α,β-unsaturated/α-hetero) is 5. The highest BCUT2D eigenvalue weighted by molar-refractivity contribution is 5.96. The molecule has 96 heavy (non-hydrogen) atoms. The van der Waals surface area contributed by atoms with Crippen molar-refractivity contribution in [3.8, 4) is 0 Å². The van der Waals surface area contributed by atoms with Gasteiger partial charge in [-0.3, -0.25) is 52.7 Å². The summed E-state index contributed by atoms with van der Waals surface area (Å²) in [5.41, 5.74) is 7.18. The van der Waals surface area contributed by atoms with Crippen LogP contribution >= 0.6 is 0 Å². The highest BCUT2D eigenvalue weighted by atomic mass is 16.5. The van der Waals surface area contributed by atoms with Crippen LogP contribution in [0, 0.1) is 30.6 Å². The lowest BCUT2D eigenvalue weighted by Crippen LogP contribution is -2.41. The Labute approximate surface area is 571 Å². The number of likely N-dealkylation sites (N-methyl/N-ethyl adjacent to an activating group) is 1. The smallest absolute Gasteiger partial charge is 0.306 e. The molecule has 1 aromatic rings. The molecule has 4 amide bonds. The van der Waals surface area contributed by atoms with E-state index in [4.69, 9.17) is 29.8 Å². The van der Waals surface area contributed by atoms with Gasteiger partial charge in [0.25, 0.3) is 0 Å². The minimum Gasteiger partial charge on any atom is -0.481 e. The van der Waals surface area contributed by atoms with Crippen LogP contribution in [0.1, 0.15) is 267 Å². The number of nitrogens with two attached hydrogens (primary N) is 1. The molecular formula is C73H120N4O19. The summed E-state index contributed by atoms with van der Waals surface area (Å²) in [7, 11) is 0. The van der Waals surface area contributed by atoms with Gasteiger partial charge >= 0.3 is 17.9 Å². The lowest BCUT2D eigenvalue weighted by Gasteiger charge is -2.28. The van der Waals surface area contributed by atoms with Crippen LogP contribution in [0.25, 0.3) is 0 Å². The van der Waals surface area contributed by atoms with Crippen molar-refractivity contribution in [1.82, 2.24) is 16.0 Å². The number of hydrogen-bond acceptors (Lipinski definition) is 16. The van der Waals surface area contributed by atoms with Crippen molar-refractivity contribution < 1.29 is 91.8 Å². The van der Waals surface area contributed by atoms with Crippen LogP contribution in [0.15, 0.2) is 24.3 Å². The Kier molecular flexibility index (Phi) is 52.8. The molecule has 1 fully saturated rings. The van der Waals surface area contributed by atoms with E-state index < -0.39 is 41.7 Å². The number of aryl methyl sites for hydroxylation is 1. The zero-order valence-electron chi connectivity index (χ0n) is 58.4. The maximum atomic E-state index is 13.2. The summed E-state index contributed by atoms with van der Waals surface area (Å²) in [5, 5.41) is 36.1. The van der Waals surface area contributed by atoms with Gasteiger partial charge in [0.2, 0.25) is 23.6 Å². The SMILES string of the molecule is CC(=O)C[C@@H](CCCCCC(=O)c1ccc(C)cc1)C(N)=O.CCNC(=O)COCCOCCCC(=O)COCCOCCCC(=O)[C@H](CCC(=O)O)NC(=O)CC[C@H](CC(=O)C1CCC(CNC(=O)CCCCCCCCCCCCCCCCCCC(=O)O)CC1)C(=O)O. The Hall–Kier alpha value is -6.30. The van der Waals surface area contributed by atoms with Crippen molar-refractivity contribution in [2.45, 2.75) is 264 Å². The minimum atomic E-state index is -1.19. The number of ether oxygens (including phenoxy) is 4. The zero-order chi connectivity index (χ0) is 71.0. The lowest BCUT2D eigenvalue weighted by molar-refractivity contribution is -0.145. The van der Waals surface area contributed by atoms with E-state index in [0.717, 1.165) is 81.8 Å². The highest BCUT2D eigenvalue weighted by Crippen LogP contribution is 2.31. The first-order valence-corrected chi connectivity index (χ1v) is 35.9. The zero-order valence-corrected chi connectivity index (χ0v) is 58.4. The first-order valence-electron chi connectivity index (χ1n) is 35.9. The van der Waals surface area contributed by atoms with Crippen LogP contribution < -0.4 is 21.7 Å². The van der Waals surface area contributed by atoms with Crippen LogP contribution in [0.2, 0.25) is 0 Å². The van der Waals surface area contributed by atoms with E-state index >= 15 is 0 Å². The van der Waals surface area contributed by atoms with Crippen LogP contribution in [-0.4, -0.2) is 158 Å². The fraction of sp³-hybridized carbons (Fsp3) is 0.753. The van der Waals surface area contributed by atoms with Gasteiger partial charge in [-0.2, -0.15) is 0 Å². The Morgan fingerprint density at radius 1 is 0.490 bits per heavy atom. The predicted octanol–water partition coefficient (Wildman–Crippen LogP) is 10.9. The normalized spacial score (nSPS) is 14.4. The molecule has 0 spiro atoms. The van der Waals surface area contributed by atoms with E-state index in [1.165, 1.54) is 71.1 Å². The number of benzene rings is 1. The molecule has 0 radical (unpaired) electrons. The summed E-state index contributed by atoms with van der Waals surface area (Å²) in [4.78, 5) is 143. The van der Waals surface area contributed by atoms with Crippen LogP contribution in [0.3, 0.4) is 0 Å². The molecule has 0 aliphatic heterocycles. The van der Waals surface area contributed by atoms with Crippen LogP contribution in [0.4, 0.5) is 0 Å². The quantitative estimate of drug-likeness (QED) is 0.0235. The van der Waals surface area contributed by atoms with Gasteiger partial charge in [0.1, 0.15) is 24.8 Å². The summed E-state index contributed by atoms with van der Waals surface area (Å²) in [6.45, 7) is 7.76. The maximum Gasteiger partial charge on any atom is 0.306 e. The third-order valence-electron chi connectivity index (χ3n) is 17.2. The number of nitrogens with one attached hydrogen (secondary N) is 3. The number of hydrogen-bond donors (Lipinski definition) is 7. The van der Waals surface area contributed by atoms with E-state index in [-0.39, 0.29) is 156 Å². The second-order valence-corrected chi connectivity index (χ2v) is 25.8. The van der Waals surface area contributed by atoms with Gasteiger partial charge in [-0.15, -0.1) is 0 Å². The molecule has 0 saturated heterocycles. The number of carboxylic acid groups (broad SMARTS) is 3. The number of amides is 4. The Morgan fingerprint density at radius 3 is 1.53 bits per heavy atom. The predicted molar refractivity (Wildman–Crippen MR) is 365 cm³/mol. The number of primary amides is 1. The summed E-state index contributed by atoms with van der Waals surface area (Å²) in [5.74, 6) is -6.17. The third kappa shape index (κ3) is 50.1. The van der Waals surface area contributed by atoms with Gasteiger partial charge < -0.3 is 60.7 Å². The first-order chi connectivity index (χ1) is 46.1. The summed E-state index contributed by atoms with van der Waals surface area (Å²) in [6.07, 6.45) is 25.9. The van der Waals surface area contributed by atoms with Crippen molar-refractivity contribution >= 4 is 70.5 Å². The molecule has 2 rings (SSSR count). The van der Waals surface area contributed by atoms with Gasteiger partial charge in [0, 0.05) is 101 Å². The van der Waals surface area contributed by atoms with Crippen molar-refractivity contribution in [2.24, 2.45) is 29.4 Å². The molecule has 1 aliphatic carbocycles. The van der Waals surface area contributed by atoms with Gasteiger partial charge in [-0.05, 0) is 104 Å². The third-order valence-corrected chi connectivity index (χ3v) is 17.2. The molecule has 1 aromatic carbocycles. The van der Waals surface area contributed by atoms with Crippen molar-refractivity contribution in [2.75, 3.05) is 65.9 Å². The van der Waals surface area contributed by atoms with E-state index in [1.807, 2.05) is 38.1 Å². The largest absolute Gasteiger partial charge is 0.481 e. The average Bonchev–Trinajstić information content (AvgIpc) is 1.39. The Bertz CT molecular complexity index is 2390. The Morgan fingerprint density at radius 2 is 1.00 bits per heavy atom. The summed E-state index contributed by atoms with van der Waals surface area (Å²) < 4.78 is 21.4. The molecule has 23 heteroatoms. The minimum absolute atomic E-state index is 0.000328. The number of aliphatic carboxylic acids is 3. The fourth-order valence-electron chi connectivity index (χ4n) is 11.4.